The number of amides is 1. The maximum Gasteiger partial charge on any atom is 0.224 e. The number of carbonyl (C=O) groups is 1. The Morgan fingerprint density at radius 1 is 1.20 bits per heavy atom. The van der Waals surface area contributed by atoms with Gasteiger partial charge in [-0.1, -0.05) is 30.4 Å². The molecule has 1 aromatic heterocycles. The maximum absolute atomic E-state index is 12.3. The van der Waals surface area contributed by atoms with Crippen molar-refractivity contribution in [1.29, 1.82) is 0 Å². The highest BCUT2D eigenvalue weighted by molar-refractivity contribution is 5.79. The first-order valence-corrected chi connectivity index (χ1v) is 8.45. The van der Waals surface area contributed by atoms with Crippen LogP contribution in [-0.2, 0) is 11.3 Å². The Morgan fingerprint density at radius 2 is 2.04 bits per heavy atom. The molecule has 0 saturated carbocycles. The summed E-state index contributed by atoms with van der Waals surface area (Å²) in [4.78, 5) is 16.6. The molecule has 5 nitrogen and oxygen atoms in total. The number of methoxy groups -OCH3 is 1. The van der Waals surface area contributed by atoms with Crippen LogP contribution in [0.2, 0.25) is 0 Å². The van der Waals surface area contributed by atoms with Crippen molar-refractivity contribution in [3.8, 4) is 17.4 Å². The van der Waals surface area contributed by atoms with Crippen molar-refractivity contribution in [3.63, 3.8) is 0 Å². The zero-order chi connectivity index (χ0) is 17.5. The summed E-state index contributed by atoms with van der Waals surface area (Å²) in [5.41, 5.74) is 0.827. The Balaban J connectivity index is 1.68. The van der Waals surface area contributed by atoms with E-state index in [0.29, 0.717) is 23.9 Å². The molecule has 1 amide bonds. The third-order valence-electron chi connectivity index (χ3n) is 4.22. The average molecular weight is 338 g/mol. The zero-order valence-corrected chi connectivity index (χ0v) is 14.3. The van der Waals surface area contributed by atoms with E-state index < -0.39 is 0 Å². The average Bonchev–Trinajstić information content (AvgIpc) is 2.68. The van der Waals surface area contributed by atoms with Crippen LogP contribution < -0.4 is 14.8 Å². The smallest absolute Gasteiger partial charge is 0.224 e. The van der Waals surface area contributed by atoms with Gasteiger partial charge in [-0.25, -0.2) is 4.98 Å². The molecule has 130 valence electrons. The second kappa shape index (κ2) is 8.33. The predicted molar refractivity (Wildman–Crippen MR) is 95.6 cm³/mol. The van der Waals surface area contributed by atoms with Crippen molar-refractivity contribution in [2.75, 3.05) is 7.11 Å². The number of hydrogen-bond acceptors (Lipinski definition) is 4. The summed E-state index contributed by atoms with van der Waals surface area (Å²) < 4.78 is 11.2. The lowest BCUT2D eigenvalue weighted by atomic mass is 9.93. The van der Waals surface area contributed by atoms with Gasteiger partial charge in [-0.3, -0.25) is 4.79 Å². The summed E-state index contributed by atoms with van der Waals surface area (Å²) in [5.74, 6) is 1.83. The molecule has 1 aliphatic carbocycles. The van der Waals surface area contributed by atoms with Crippen LogP contribution in [-0.4, -0.2) is 18.0 Å². The van der Waals surface area contributed by atoms with Crippen LogP contribution in [0.3, 0.4) is 0 Å². The minimum Gasteiger partial charge on any atom is -0.493 e. The molecule has 1 N–H and O–H groups in total. The van der Waals surface area contributed by atoms with Crippen molar-refractivity contribution >= 4 is 5.91 Å². The van der Waals surface area contributed by atoms with Gasteiger partial charge in [0.15, 0.2) is 11.5 Å². The molecule has 0 spiro atoms. The van der Waals surface area contributed by atoms with Crippen LogP contribution in [0.1, 0.15) is 24.8 Å². The molecule has 0 fully saturated rings. The molecule has 2 aromatic rings. The van der Waals surface area contributed by atoms with Crippen molar-refractivity contribution in [2.45, 2.75) is 25.8 Å². The number of para-hydroxylation sites is 2. The van der Waals surface area contributed by atoms with Gasteiger partial charge in [0.2, 0.25) is 11.8 Å². The minimum atomic E-state index is 0.0558. The maximum atomic E-state index is 12.3. The molecule has 0 unspecified atom stereocenters. The number of nitrogens with zero attached hydrogens (tertiary/aromatic N) is 1. The topological polar surface area (TPSA) is 60.5 Å². The van der Waals surface area contributed by atoms with Crippen molar-refractivity contribution in [1.82, 2.24) is 10.3 Å². The Kier molecular flexibility index (Phi) is 5.67. The quantitative estimate of drug-likeness (QED) is 0.813. The number of nitrogens with one attached hydrogen (secondary N) is 1. The van der Waals surface area contributed by atoms with Crippen LogP contribution in [0.5, 0.6) is 17.4 Å². The summed E-state index contributed by atoms with van der Waals surface area (Å²) in [5, 5.41) is 3.00. The summed E-state index contributed by atoms with van der Waals surface area (Å²) in [7, 11) is 1.60. The molecule has 0 aliphatic heterocycles. The first kappa shape index (κ1) is 17.0. The number of aromatic nitrogens is 1. The van der Waals surface area contributed by atoms with Crippen LogP contribution >= 0.6 is 0 Å². The second-order valence-electron chi connectivity index (χ2n) is 5.92. The van der Waals surface area contributed by atoms with E-state index in [1.54, 1.807) is 13.3 Å². The van der Waals surface area contributed by atoms with Crippen molar-refractivity contribution in [3.05, 3.63) is 60.3 Å². The Hall–Kier alpha value is -2.82. The third-order valence-corrected chi connectivity index (χ3v) is 4.22. The number of carbonyl (C=O) groups excluding carboxylic acids is 1. The molecule has 5 heteroatoms. The predicted octanol–water partition coefficient (Wildman–Crippen LogP) is 3.86. The molecule has 3 rings (SSSR count). The Morgan fingerprint density at radius 3 is 2.80 bits per heavy atom. The van der Waals surface area contributed by atoms with E-state index in [1.807, 2.05) is 36.4 Å². The van der Waals surface area contributed by atoms with E-state index in [-0.39, 0.29) is 11.8 Å². The Bertz CT molecular complexity index is 758. The summed E-state index contributed by atoms with van der Waals surface area (Å²) in [6.07, 6.45) is 8.55. The number of benzene rings is 1. The summed E-state index contributed by atoms with van der Waals surface area (Å²) >= 11 is 0. The fourth-order valence-electron chi connectivity index (χ4n) is 2.82. The highest BCUT2D eigenvalue weighted by Gasteiger charge is 2.19. The second-order valence-corrected chi connectivity index (χ2v) is 5.92. The van der Waals surface area contributed by atoms with Crippen molar-refractivity contribution in [2.24, 2.45) is 5.92 Å². The van der Waals surface area contributed by atoms with Crippen LogP contribution in [0.15, 0.2) is 54.7 Å². The van der Waals surface area contributed by atoms with Gasteiger partial charge in [0.05, 0.1) is 7.11 Å². The lowest BCUT2D eigenvalue weighted by Gasteiger charge is -2.18. The molecule has 1 atom stereocenters. The third kappa shape index (κ3) is 4.38. The van der Waals surface area contributed by atoms with E-state index in [2.05, 4.69) is 22.5 Å². The fourth-order valence-corrected chi connectivity index (χ4v) is 2.82. The fraction of sp³-hybridized carbons (Fsp3) is 0.300. The van der Waals surface area contributed by atoms with Gasteiger partial charge in [-0.05, 0) is 37.5 Å². The van der Waals surface area contributed by atoms with E-state index in [4.69, 9.17) is 9.47 Å². The number of allylic oxidation sites excluding steroid dienone is 2. The largest absolute Gasteiger partial charge is 0.493 e. The van der Waals surface area contributed by atoms with Gasteiger partial charge >= 0.3 is 0 Å². The monoisotopic (exact) mass is 338 g/mol. The summed E-state index contributed by atoms with van der Waals surface area (Å²) in [6, 6.07) is 11.1. The Labute approximate surface area is 147 Å². The number of pyridine rings is 1. The number of hydrogen-bond donors (Lipinski definition) is 1. The van der Waals surface area contributed by atoms with Gasteiger partial charge in [0.1, 0.15) is 0 Å². The minimum absolute atomic E-state index is 0.0558. The molecule has 0 bridgehead atoms. The van der Waals surface area contributed by atoms with Gasteiger partial charge < -0.3 is 14.8 Å². The van der Waals surface area contributed by atoms with Crippen LogP contribution in [0.25, 0.3) is 0 Å². The lowest BCUT2D eigenvalue weighted by Crippen LogP contribution is -2.30. The normalized spacial score (nSPS) is 16.3. The molecular formula is C20H22N2O3. The number of ether oxygens (including phenoxy) is 2. The van der Waals surface area contributed by atoms with Gasteiger partial charge in [-0.2, -0.15) is 0 Å². The standard InChI is InChI=1S/C20H22N2O3/c1-24-17-11-5-6-12-18(17)25-20-16(10-7-13-21-20)14-22-19(23)15-8-3-2-4-9-15/h2-3,5-7,10-13,15H,4,8-9,14H2,1H3,(H,22,23)/t15-/m1/s1. The zero-order valence-electron chi connectivity index (χ0n) is 14.3. The van der Waals surface area contributed by atoms with E-state index in [1.165, 1.54) is 0 Å². The SMILES string of the molecule is COc1ccccc1Oc1ncccc1CNC(=O)[C@@H]1CC=CCC1. The molecule has 1 aliphatic rings. The van der Waals surface area contributed by atoms with E-state index >= 15 is 0 Å². The molecule has 1 heterocycles. The highest BCUT2D eigenvalue weighted by Crippen LogP contribution is 2.31. The van der Waals surface area contributed by atoms with E-state index in [9.17, 15) is 4.79 Å². The molecule has 0 radical (unpaired) electrons. The molecule has 0 saturated heterocycles. The molecule has 1 aromatic carbocycles. The van der Waals surface area contributed by atoms with Gasteiger partial charge in [0, 0.05) is 24.2 Å². The van der Waals surface area contributed by atoms with Crippen LogP contribution in [0, 0.1) is 5.92 Å². The first-order chi connectivity index (χ1) is 12.3. The lowest BCUT2D eigenvalue weighted by molar-refractivity contribution is -0.125. The summed E-state index contributed by atoms with van der Waals surface area (Å²) in [6.45, 7) is 0.386. The van der Waals surface area contributed by atoms with Gasteiger partial charge in [0.25, 0.3) is 0 Å². The molecule has 25 heavy (non-hydrogen) atoms. The first-order valence-electron chi connectivity index (χ1n) is 8.45. The van der Waals surface area contributed by atoms with Crippen molar-refractivity contribution < 1.29 is 14.3 Å². The van der Waals surface area contributed by atoms with E-state index in [0.717, 1.165) is 24.8 Å². The highest BCUT2D eigenvalue weighted by atomic mass is 16.5. The van der Waals surface area contributed by atoms with Crippen LogP contribution in [0.4, 0.5) is 0 Å². The number of rotatable bonds is 6. The molecular weight excluding hydrogens is 316 g/mol. The van der Waals surface area contributed by atoms with Gasteiger partial charge in [-0.15, -0.1) is 0 Å².